The average molecular weight is 494 g/mol. The average Bonchev–Trinajstić information content (AvgIpc) is 3.17. The molecule has 2 aromatic heterocycles. The van der Waals surface area contributed by atoms with Gasteiger partial charge in [0.25, 0.3) is 5.56 Å². The van der Waals surface area contributed by atoms with Crippen LogP contribution in [0.25, 0.3) is 15.9 Å². The topological polar surface area (TPSA) is 64.0 Å². The van der Waals surface area contributed by atoms with Crippen LogP contribution in [0.5, 0.6) is 0 Å². The summed E-state index contributed by atoms with van der Waals surface area (Å²) in [6.45, 7) is 1.62. The minimum atomic E-state index is -0.365. The van der Waals surface area contributed by atoms with E-state index in [-0.39, 0.29) is 23.0 Å². The smallest absolute Gasteiger partial charge is 0.276 e. The van der Waals surface area contributed by atoms with Crippen LogP contribution < -0.4 is 10.9 Å². The standard InChI is InChI=1S/C21H14Cl2FN3O2S2/c1-11-6-15(2-3-16(11)24)27-20(29)19-17(4-5-30-19)26-21(27)31-10-18(28)25-14-8-12(22)7-13(23)9-14/h2-9H,10H2,1H3,(H,25,28). The SMILES string of the molecule is Cc1cc(-n2c(SCC(=O)Nc3cc(Cl)cc(Cl)c3)nc3ccsc3c2=O)ccc1F. The summed E-state index contributed by atoms with van der Waals surface area (Å²) in [7, 11) is 0. The molecule has 10 heteroatoms. The molecule has 0 spiro atoms. The molecular formula is C21H14Cl2FN3O2S2. The summed E-state index contributed by atoms with van der Waals surface area (Å²) in [6.07, 6.45) is 0. The number of hydrogen-bond acceptors (Lipinski definition) is 5. The molecule has 0 aliphatic rings. The van der Waals surface area contributed by atoms with Crippen LogP contribution in [-0.2, 0) is 4.79 Å². The number of fused-ring (bicyclic) bond motifs is 1. The summed E-state index contributed by atoms with van der Waals surface area (Å²) in [5.74, 6) is -0.688. The van der Waals surface area contributed by atoms with Gasteiger partial charge in [0.2, 0.25) is 5.91 Å². The molecule has 1 N–H and O–H groups in total. The van der Waals surface area contributed by atoms with E-state index in [0.29, 0.717) is 42.4 Å². The van der Waals surface area contributed by atoms with E-state index < -0.39 is 0 Å². The summed E-state index contributed by atoms with van der Waals surface area (Å²) in [6, 6.07) is 10.9. The van der Waals surface area contributed by atoms with Crippen molar-refractivity contribution in [2.24, 2.45) is 0 Å². The zero-order valence-corrected chi connectivity index (χ0v) is 19.1. The monoisotopic (exact) mass is 493 g/mol. The first-order valence-corrected chi connectivity index (χ1v) is 11.6. The largest absolute Gasteiger partial charge is 0.325 e. The Morgan fingerprint density at radius 1 is 1.19 bits per heavy atom. The van der Waals surface area contributed by atoms with E-state index >= 15 is 0 Å². The molecule has 4 aromatic rings. The highest BCUT2D eigenvalue weighted by Crippen LogP contribution is 2.26. The Morgan fingerprint density at radius 2 is 1.94 bits per heavy atom. The first-order chi connectivity index (χ1) is 14.8. The third-order valence-electron chi connectivity index (χ3n) is 4.33. The second-order valence-electron chi connectivity index (χ2n) is 6.60. The lowest BCUT2D eigenvalue weighted by molar-refractivity contribution is -0.113. The minimum Gasteiger partial charge on any atom is -0.325 e. The molecule has 1 amide bonds. The van der Waals surface area contributed by atoms with E-state index in [1.165, 1.54) is 28.0 Å². The Kier molecular flexibility index (Phi) is 6.34. The number of carbonyl (C=O) groups excluding carboxylic acids is 1. The maximum absolute atomic E-state index is 13.8. The van der Waals surface area contributed by atoms with E-state index in [2.05, 4.69) is 10.3 Å². The van der Waals surface area contributed by atoms with Crippen molar-refractivity contribution in [1.82, 2.24) is 9.55 Å². The Morgan fingerprint density at radius 3 is 2.65 bits per heavy atom. The number of thiophene rings is 1. The van der Waals surface area contributed by atoms with Gasteiger partial charge in [-0.2, -0.15) is 0 Å². The van der Waals surface area contributed by atoms with Crippen molar-refractivity contribution in [1.29, 1.82) is 0 Å². The van der Waals surface area contributed by atoms with Crippen LogP contribution in [0.4, 0.5) is 10.1 Å². The summed E-state index contributed by atoms with van der Waals surface area (Å²) in [5, 5.41) is 5.65. The molecule has 0 radical (unpaired) electrons. The van der Waals surface area contributed by atoms with Crippen molar-refractivity contribution in [3.8, 4) is 5.69 Å². The molecule has 4 rings (SSSR count). The number of aromatic nitrogens is 2. The second kappa shape index (κ2) is 9.00. The molecule has 0 aliphatic heterocycles. The third kappa shape index (κ3) is 4.77. The highest BCUT2D eigenvalue weighted by Gasteiger charge is 2.16. The van der Waals surface area contributed by atoms with Crippen LogP contribution in [0.15, 0.2) is 57.8 Å². The molecule has 2 heterocycles. The maximum atomic E-state index is 13.8. The number of halogens is 3. The molecule has 0 saturated heterocycles. The van der Waals surface area contributed by atoms with E-state index in [1.807, 2.05) is 0 Å². The fourth-order valence-electron chi connectivity index (χ4n) is 2.94. The van der Waals surface area contributed by atoms with Gasteiger partial charge in [-0.15, -0.1) is 11.3 Å². The molecule has 0 atom stereocenters. The van der Waals surface area contributed by atoms with Gasteiger partial charge in [0.1, 0.15) is 10.5 Å². The summed E-state index contributed by atoms with van der Waals surface area (Å²) < 4.78 is 15.7. The van der Waals surface area contributed by atoms with E-state index in [0.717, 1.165) is 11.8 Å². The fraction of sp³-hybridized carbons (Fsp3) is 0.0952. The van der Waals surface area contributed by atoms with Crippen molar-refractivity contribution in [3.63, 3.8) is 0 Å². The minimum absolute atomic E-state index is 0.00755. The van der Waals surface area contributed by atoms with Gasteiger partial charge in [0, 0.05) is 15.7 Å². The van der Waals surface area contributed by atoms with Crippen LogP contribution >= 0.6 is 46.3 Å². The van der Waals surface area contributed by atoms with Gasteiger partial charge in [0.05, 0.1) is 17.0 Å². The number of nitrogens with one attached hydrogen (secondary N) is 1. The number of aryl methyl sites for hydroxylation is 1. The zero-order valence-electron chi connectivity index (χ0n) is 16.0. The van der Waals surface area contributed by atoms with Crippen molar-refractivity contribution in [2.45, 2.75) is 12.1 Å². The van der Waals surface area contributed by atoms with Gasteiger partial charge in [-0.05, 0) is 60.3 Å². The molecule has 31 heavy (non-hydrogen) atoms. The van der Waals surface area contributed by atoms with Crippen molar-refractivity contribution in [2.75, 3.05) is 11.1 Å². The highest BCUT2D eigenvalue weighted by molar-refractivity contribution is 7.99. The number of nitrogens with zero attached hydrogens (tertiary/aromatic N) is 2. The lowest BCUT2D eigenvalue weighted by Gasteiger charge is -2.13. The zero-order chi connectivity index (χ0) is 22.1. The Balaban J connectivity index is 1.65. The Labute approximate surface area is 194 Å². The normalized spacial score (nSPS) is 11.1. The quantitative estimate of drug-likeness (QED) is 0.276. The number of anilines is 1. The van der Waals surface area contributed by atoms with Crippen LogP contribution in [0, 0.1) is 12.7 Å². The Bertz CT molecular complexity index is 1350. The molecule has 5 nitrogen and oxygen atoms in total. The van der Waals surface area contributed by atoms with Gasteiger partial charge in [0.15, 0.2) is 5.16 Å². The van der Waals surface area contributed by atoms with Gasteiger partial charge >= 0.3 is 0 Å². The molecule has 0 saturated carbocycles. The van der Waals surface area contributed by atoms with Gasteiger partial charge < -0.3 is 5.32 Å². The number of carbonyl (C=O) groups is 1. The first kappa shape index (κ1) is 21.8. The lowest BCUT2D eigenvalue weighted by atomic mass is 10.2. The van der Waals surface area contributed by atoms with Gasteiger partial charge in [-0.1, -0.05) is 35.0 Å². The van der Waals surface area contributed by atoms with Crippen molar-refractivity contribution < 1.29 is 9.18 Å². The van der Waals surface area contributed by atoms with Crippen LogP contribution in [0.3, 0.4) is 0 Å². The predicted molar refractivity (Wildman–Crippen MR) is 126 cm³/mol. The van der Waals surface area contributed by atoms with Crippen LogP contribution in [-0.4, -0.2) is 21.2 Å². The van der Waals surface area contributed by atoms with Crippen LogP contribution in [0.2, 0.25) is 10.0 Å². The molecule has 0 aliphatic carbocycles. The maximum Gasteiger partial charge on any atom is 0.276 e. The van der Waals surface area contributed by atoms with E-state index in [9.17, 15) is 14.0 Å². The summed E-state index contributed by atoms with van der Waals surface area (Å²) in [4.78, 5) is 30.1. The number of benzene rings is 2. The molecule has 0 fully saturated rings. The number of rotatable bonds is 5. The molecule has 0 unspecified atom stereocenters. The van der Waals surface area contributed by atoms with Crippen LogP contribution in [0.1, 0.15) is 5.56 Å². The molecule has 2 aromatic carbocycles. The highest BCUT2D eigenvalue weighted by atomic mass is 35.5. The number of hydrogen-bond donors (Lipinski definition) is 1. The second-order valence-corrected chi connectivity index (χ2v) is 9.33. The van der Waals surface area contributed by atoms with E-state index in [4.69, 9.17) is 23.2 Å². The van der Waals surface area contributed by atoms with Crippen molar-refractivity contribution in [3.05, 3.63) is 79.6 Å². The predicted octanol–water partition coefficient (Wildman–Crippen LogP) is 5.93. The summed E-state index contributed by atoms with van der Waals surface area (Å²) in [5.41, 5.74) is 1.64. The number of amides is 1. The van der Waals surface area contributed by atoms with Crippen molar-refractivity contribution >= 4 is 68.1 Å². The summed E-state index contributed by atoms with van der Waals surface area (Å²) >= 11 is 14.3. The molecular weight excluding hydrogens is 480 g/mol. The van der Waals surface area contributed by atoms with E-state index in [1.54, 1.807) is 42.6 Å². The van der Waals surface area contributed by atoms with Gasteiger partial charge in [-0.3, -0.25) is 14.2 Å². The third-order valence-corrected chi connectivity index (χ3v) is 6.59. The number of thioether (sulfide) groups is 1. The molecule has 158 valence electrons. The molecule has 0 bridgehead atoms. The lowest BCUT2D eigenvalue weighted by Crippen LogP contribution is -2.22. The fourth-order valence-corrected chi connectivity index (χ4v) is 5.04. The first-order valence-electron chi connectivity index (χ1n) is 8.97. The Hall–Kier alpha value is -2.39. The van der Waals surface area contributed by atoms with Gasteiger partial charge in [-0.25, -0.2) is 9.37 Å².